The first-order chi connectivity index (χ1) is 24.2. The SMILES string of the molecule is Cc1cc([C@H]2COc3cc(O)ccc3[C@H]2c2ccc(N3CCC(CN4CCN(c5cc6c(cc5F)C(=O)NC6)CC4)CC3)c(F)c2)ccc1F. The Hall–Kier alpha value is -4.70. The molecule has 0 radical (unpaired) electrons. The van der Waals surface area contributed by atoms with Gasteiger partial charge in [-0.3, -0.25) is 9.69 Å². The number of amides is 1. The van der Waals surface area contributed by atoms with E-state index >= 15 is 4.39 Å². The minimum Gasteiger partial charge on any atom is -0.508 e. The van der Waals surface area contributed by atoms with Crippen LogP contribution in [0.1, 0.15) is 62.9 Å². The minimum absolute atomic E-state index is 0.105. The summed E-state index contributed by atoms with van der Waals surface area (Å²) in [5.41, 5.74) is 5.60. The van der Waals surface area contributed by atoms with Crippen LogP contribution >= 0.6 is 0 Å². The molecule has 0 unspecified atom stereocenters. The largest absolute Gasteiger partial charge is 0.508 e. The lowest BCUT2D eigenvalue weighted by atomic mass is 9.75. The molecule has 0 spiro atoms. The number of phenolic OH excluding ortho intramolecular Hbond substituents is 1. The van der Waals surface area contributed by atoms with Gasteiger partial charge in [0.25, 0.3) is 5.91 Å². The van der Waals surface area contributed by atoms with Crippen LogP contribution in [0, 0.1) is 30.3 Å². The zero-order valence-corrected chi connectivity index (χ0v) is 28.1. The Morgan fingerprint density at radius 2 is 1.54 bits per heavy atom. The van der Waals surface area contributed by atoms with Crippen molar-refractivity contribution in [2.75, 3.05) is 62.2 Å². The summed E-state index contributed by atoms with van der Waals surface area (Å²) >= 11 is 0. The van der Waals surface area contributed by atoms with Gasteiger partial charge in [-0.1, -0.05) is 24.3 Å². The highest BCUT2D eigenvalue weighted by atomic mass is 19.1. The first-order valence-electron chi connectivity index (χ1n) is 17.6. The Morgan fingerprint density at radius 3 is 2.30 bits per heavy atom. The van der Waals surface area contributed by atoms with Crippen molar-refractivity contribution >= 4 is 17.3 Å². The average molecular weight is 683 g/mol. The number of rotatable bonds is 6. The zero-order valence-electron chi connectivity index (χ0n) is 28.1. The molecule has 2 saturated heterocycles. The van der Waals surface area contributed by atoms with Gasteiger partial charge in [-0.2, -0.15) is 0 Å². The van der Waals surface area contributed by atoms with Gasteiger partial charge in [0.1, 0.15) is 29.0 Å². The van der Waals surface area contributed by atoms with Crippen LogP contribution in [-0.2, 0) is 6.54 Å². The quantitative estimate of drug-likeness (QED) is 0.236. The van der Waals surface area contributed by atoms with Gasteiger partial charge >= 0.3 is 0 Å². The highest BCUT2D eigenvalue weighted by Crippen LogP contribution is 2.47. The number of aromatic hydroxyl groups is 1. The lowest BCUT2D eigenvalue weighted by Crippen LogP contribution is -2.49. The van der Waals surface area contributed by atoms with Crippen LogP contribution < -0.4 is 19.9 Å². The fourth-order valence-electron chi connectivity index (χ4n) is 8.34. The van der Waals surface area contributed by atoms with Crippen molar-refractivity contribution < 1.29 is 27.8 Å². The van der Waals surface area contributed by atoms with E-state index in [1.807, 2.05) is 30.3 Å². The van der Waals surface area contributed by atoms with E-state index in [0.717, 1.165) is 80.9 Å². The lowest BCUT2D eigenvalue weighted by molar-refractivity contribution is 0.0965. The summed E-state index contributed by atoms with van der Waals surface area (Å²) in [7, 11) is 0. The number of nitrogens with one attached hydrogen (secondary N) is 1. The molecule has 2 N–H and O–H groups in total. The van der Waals surface area contributed by atoms with Crippen LogP contribution in [0.25, 0.3) is 0 Å². The van der Waals surface area contributed by atoms with Gasteiger partial charge in [0, 0.05) is 81.4 Å². The zero-order chi connectivity index (χ0) is 34.5. The average Bonchev–Trinajstić information content (AvgIpc) is 3.48. The van der Waals surface area contributed by atoms with Crippen molar-refractivity contribution in [3.05, 3.63) is 118 Å². The van der Waals surface area contributed by atoms with Crippen LogP contribution in [-0.4, -0.2) is 68.3 Å². The summed E-state index contributed by atoms with van der Waals surface area (Å²) in [6.07, 6.45) is 1.93. The molecule has 10 heteroatoms. The molecular weight excluding hydrogens is 641 g/mol. The van der Waals surface area contributed by atoms with Crippen LogP contribution in [0.5, 0.6) is 11.5 Å². The molecule has 0 aromatic heterocycles. The van der Waals surface area contributed by atoms with Gasteiger partial charge in [0.05, 0.1) is 18.0 Å². The summed E-state index contributed by atoms with van der Waals surface area (Å²) in [6.45, 7) is 8.16. The van der Waals surface area contributed by atoms with E-state index in [0.29, 0.717) is 47.3 Å². The van der Waals surface area contributed by atoms with Gasteiger partial charge in [-0.25, -0.2) is 13.2 Å². The summed E-state index contributed by atoms with van der Waals surface area (Å²) in [5.74, 6) is -0.309. The third-order valence-corrected chi connectivity index (χ3v) is 11.1. The van der Waals surface area contributed by atoms with Crippen molar-refractivity contribution in [3.63, 3.8) is 0 Å². The maximum Gasteiger partial charge on any atom is 0.252 e. The Kier molecular flexibility index (Phi) is 8.59. The number of ether oxygens (including phenoxy) is 1. The molecule has 4 aliphatic heterocycles. The van der Waals surface area contributed by atoms with Crippen molar-refractivity contribution in [1.82, 2.24) is 10.2 Å². The molecule has 4 heterocycles. The van der Waals surface area contributed by atoms with E-state index in [2.05, 4.69) is 20.0 Å². The van der Waals surface area contributed by atoms with Crippen LogP contribution in [0.2, 0.25) is 0 Å². The maximum absolute atomic E-state index is 16.0. The molecule has 8 rings (SSSR count). The molecule has 0 saturated carbocycles. The van der Waals surface area contributed by atoms with Gasteiger partial charge in [-0.05, 0) is 84.3 Å². The Bertz CT molecular complexity index is 1940. The molecule has 7 nitrogen and oxygen atoms in total. The molecule has 2 atom stereocenters. The highest BCUT2D eigenvalue weighted by molar-refractivity contribution is 5.98. The van der Waals surface area contributed by atoms with Crippen molar-refractivity contribution in [3.8, 4) is 11.5 Å². The van der Waals surface area contributed by atoms with Crippen molar-refractivity contribution in [2.24, 2.45) is 5.92 Å². The number of halogens is 3. The number of carbonyl (C=O) groups is 1. The second kappa shape index (κ2) is 13.2. The molecule has 4 aromatic carbocycles. The number of anilines is 2. The summed E-state index contributed by atoms with van der Waals surface area (Å²) in [4.78, 5) is 18.6. The van der Waals surface area contributed by atoms with Gasteiger partial charge in [0.15, 0.2) is 0 Å². The normalized spacial score (nSPS) is 21.1. The Balaban J connectivity index is 0.913. The number of nitrogens with zero attached hydrogens (tertiary/aromatic N) is 3. The maximum atomic E-state index is 16.0. The van der Waals surface area contributed by atoms with Gasteiger partial charge in [0.2, 0.25) is 0 Å². The molecule has 0 bridgehead atoms. The number of piperidine rings is 1. The second-order valence-electron chi connectivity index (χ2n) is 14.2. The third kappa shape index (κ3) is 6.14. The summed E-state index contributed by atoms with van der Waals surface area (Å²) in [5, 5.41) is 12.9. The van der Waals surface area contributed by atoms with E-state index in [4.69, 9.17) is 4.74 Å². The number of piperazine rings is 1. The minimum atomic E-state index is -0.345. The molecule has 0 aliphatic carbocycles. The predicted molar refractivity (Wildman–Crippen MR) is 187 cm³/mol. The smallest absolute Gasteiger partial charge is 0.252 e. The van der Waals surface area contributed by atoms with E-state index < -0.39 is 0 Å². The number of hydrogen-bond donors (Lipinski definition) is 2. The summed E-state index contributed by atoms with van der Waals surface area (Å²) < 4.78 is 51.1. The molecule has 4 aromatic rings. The van der Waals surface area contributed by atoms with Gasteiger partial charge < -0.3 is 25.0 Å². The van der Waals surface area contributed by atoms with Crippen LogP contribution in [0.3, 0.4) is 0 Å². The standard InChI is InChI=1S/C40H41F3N4O3/c1-24-16-26(2-6-33(24)41)32-23-50-38-19-29(48)4-5-30(38)39(32)27-3-7-36(34(42)17-27)46-10-8-25(9-11-46)22-45-12-14-47(15-13-45)37-18-28-21-44-40(49)31(28)20-35(37)43/h2-7,16-20,25,32,39,48H,8-15,21-23H2,1H3,(H,44,49)/t32-,39-/m1/s1. The predicted octanol–water partition coefficient (Wildman–Crippen LogP) is 6.71. The number of phenols is 1. The van der Waals surface area contributed by atoms with Crippen molar-refractivity contribution in [1.29, 1.82) is 0 Å². The number of hydrogen-bond acceptors (Lipinski definition) is 6. The molecule has 50 heavy (non-hydrogen) atoms. The monoisotopic (exact) mass is 682 g/mol. The number of aryl methyl sites for hydroxylation is 1. The van der Waals surface area contributed by atoms with Crippen LogP contribution in [0.4, 0.5) is 24.5 Å². The summed E-state index contributed by atoms with van der Waals surface area (Å²) in [6, 6.07) is 18.8. The Morgan fingerprint density at radius 1 is 0.800 bits per heavy atom. The van der Waals surface area contributed by atoms with E-state index in [1.165, 1.54) is 12.1 Å². The van der Waals surface area contributed by atoms with Crippen LogP contribution in [0.15, 0.2) is 66.7 Å². The number of carbonyl (C=O) groups excluding carboxylic acids is 1. The second-order valence-corrected chi connectivity index (χ2v) is 14.2. The van der Waals surface area contributed by atoms with Gasteiger partial charge in [-0.15, -0.1) is 0 Å². The molecule has 1 amide bonds. The third-order valence-electron chi connectivity index (χ3n) is 11.1. The fourth-order valence-corrected chi connectivity index (χ4v) is 8.34. The molecule has 260 valence electrons. The first-order valence-corrected chi connectivity index (χ1v) is 17.6. The Labute approximate surface area is 290 Å². The van der Waals surface area contributed by atoms with E-state index in [-0.39, 0.29) is 40.9 Å². The van der Waals surface area contributed by atoms with E-state index in [1.54, 1.807) is 31.2 Å². The van der Waals surface area contributed by atoms with E-state index in [9.17, 15) is 18.7 Å². The molecule has 2 fully saturated rings. The molecular formula is C40H41F3N4O3. The molecule has 4 aliphatic rings. The van der Waals surface area contributed by atoms with Crippen molar-refractivity contribution in [2.45, 2.75) is 38.1 Å². The first kappa shape index (κ1) is 32.5. The number of fused-ring (bicyclic) bond motifs is 2. The fraction of sp³-hybridized carbons (Fsp3) is 0.375. The highest BCUT2D eigenvalue weighted by Gasteiger charge is 2.35. The number of benzene rings is 4. The lowest BCUT2D eigenvalue weighted by Gasteiger charge is -2.40. The topological polar surface area (TPSA) is 68.3 Å².